The summed E-state index contributed by atoms with van der Waals surface area (Å²) >= 11 is 0. The molecule has 1 aliphatic rings. The van der Waals surface area contributed by atoms with Gasteiger partial charge in [0.2, 0.25) is 0 Å². The minimum absolute atomic E-state index is 0.0666. The molecule has 1 aliphatic heterocycles. The first kappa shape index (κ1) is 19.3. The van der Waals surface area contributed by atoms with E-state index in [2.05, 4.69) is 20.3 Å². The van der Waals surface area contributed by atoms with Gasteiger partial charge >= 0.3 is 0 Å². The molecule has 4 heterocycles. The number of hydrogen-bond acceptors (Lipinski definition) is 6. The van der Waals surface area contributed by atoms with Crippen molar-refractivity contribution >= 4 is 11.5 Å². The van der Waals surface area contributed by atoms with Crippen LogP contribution in [0.4, 0.5) is 5.82 Å². The molecule has 1 fully saturated rings. The summed E-state index contributed by atoms with van der Waals surface area (Å²) < 4.78 is 3.07. The van der Waals surface area contributed by atoms with Crippen LogP contribution in [0.1, 0.15) is 25.0 Å². The Morgan fingerprint density at radius 2 is 2.00 bits per heavy atom. The van der Waals surface area contributed by atoms with Gasteiger partial charge in [0.1, 0.15) is 11.5 Å². The second-order valence-corrected chi connectivity index (χ2v) is 7.51. The molecule has 3 aromatic rings. The van der Waals surface area contributed by atoms with Crippen LogP contribution in [-0.2, 0) is 6.54 Å². The highest BCUT2D eigenvalue weighted by atomic mass is 16.1. The number of pyridine rings is 1. The van der Waals surface area contributed by atoms with E-state index in [9.17, 15) is 9.59 Å². The van der Waals surface area contributed by atoms with Gasteiger partial charge in [0.05, 0.1) is 12.2 Å². The number of hydrogen-bond donors (Lipinski definition) is 1. The molecule has 0 aliphatic carbocycles. The van der Waals surface area contributed by atoms with E-state index in [1.54, 1.807) is 23.0 Å². The highest BCUT2D eigenvalue weighted by Crippen LogP contribution is 2.17. The molecule has 0 bridgehead atoms. The fourth-order valence-corrected chi connectivity index (χ4v) is 3.89. The van der Waals surface area contributed by atoms with Crippen molar-refractivity contribution in [3.8, 4) is 0 Å². The van der Waals surface area contributed by atoms with Gasteiger partial charge in [-0.3, -0.25) is 18.9 Å². The molecule has 4 rings (SSSR count). The van der Waals surface area contributed by atoms with Crippen LogP contribution in [0.5, 0.6) is 0 Å². The third kappa shape index (κ3) is 4.54. The summed E-state index contributed by atoms with van der Waals surface area (Å²) in [7, 11) is 0. The lowest BCUT2D eigenvalue weighted by molar-refractivity contribution is 0.148. The molecule has 0 saturated carbocycles. The number of fused-ring (bicyclic) bond motifs is 1. The summed E-state index contributed by atoms with van der Waals surface area (Å²) in [5.41, 5.74) is 1.31. The maximum absolute atomic E-state index is 12.3. The molecule has 152 valence electrons. The van der Waals surface area contributed by atoms with E-state index in [1.807, 2.05) is 25.1 Å². The second-order valence-electron chi connectivity index (χ2n) is 7.51. The Labute approximate surface area is 168 Å². The minimum Gasteiger partial charge on any atom is -0.368 e. The number of nitrogens with one attached hydrogen (secondary N) is 1. The van der Waals surface area contributed by atoms with Gasteiger partial charge in [-0.15, -0.1) is 0 Å². The average Bonchev–Trinajstić information content (AvgIpc) is 2.73. The van der Waals surface area contributed by atoms with Crippen LogP contribution in [0.15, 0.2) is 52.2 Å². The van der Waals surface area contributed by atoms with Gasteiger partial charge in [-0.25, -0.2) is 9.67 Å². The molecule has 0 amide bonds. The van der Waals surface area contributed by atoms with Crippen molar-refractivity contribution < 1.29 is 0 Å². The summed E-state index contributed by atoms with van der Waals surface area (Å²) in [4.78, 5) is 31.2. The number of piperidine rings is 1. The largest absolute Gasteiger partial charge is 0.368 e. The van der Waals surface area contributed by atoms with Crippen LogP contribution in [0.3, 0.4) is 0 Å². The summed E-state index contributed by atoms with van der Waals surface area (Å²) in [5.74, 6) is 0.600. The van der Waals surface area contributed by atoms with E-state index in [0.717, 1.165) is 31.6 Å². The van der Waals surface area contributed by atoms with Crippen LogP contribution in [0.2, 0.25) is 0 Å². The molecule has 0 spiro atoms. The van der Waals surface area contributed by atoms with E-state index in [1.165, 1.54) is 16.9 Å². The highest BCUT2D eigenvalue weighted by Gasteiger charge is 2.22. The monoisotopic (exact) mass is 394 g/mol. The average molecular weight is 394 g/mol. The molecule has 1 saturated heterocycles. The van der Waals surface area contributed by atoms with Gasteiger partial charge in [-0.05, 0) is 44.5 Å². The Kier molecular flexibility index (Phi) is 5.71. The van der Waals surface area contributed by atoms with E-state index in [0.29, 0.717) is 30.6 Å². The van der Waals surface area contributed by atoms with E-state index in [-0.39, 0.29) is 11.1 Å². The molecular weight excluding hydrogens is 368 g/mol. The molecule has 0 aromatic carbocycles. The van der Waals surface area contributed by atoms with Gasteiger partial charge in [-0.1, -0.05) is 12.5 Å². The topological polar surface area (TPSA) is 84.5 Å². The molecule has 0 radical (unpaired) electrons. The fraction of sp³-hybridized carbons (Fsp3) is 0.429. The van der Waals surface area contributed by atoms with Crippen molar-refractivity contribution in [3.63, 3.8) is 0 Å². The van der Waals surface area contributed by atoms with Crippen LogP contribution < -0.4 is 16.4 Å². The number of likely N-dealkylation sites (tertiary alicyclic amines) is 1. The van der Waals surface area contributed by atoms with Gasteiger partial charge in [0, 0.05) is 37.5 Å². The van der Waals surface area contributed by atoms with E-state index >= 15 is 0 Å². The Bertz CT molecular complexity index is 1110. The predicted molar refractivity (Wildman–Crippen MR) is 112 cm³/mol. The third-order valence-electron chi connectivity index (χ3n) is 5.44. The molecule has 1 atom stereocenters. The minimum atomic E-state index is -0.0940. The molecule has 8 nitrogen and oxygen atoms in total. The zero-order chi connectivity index (χ0) is 20.2. The summed E-state index contributed by atoms with van der Waals surface area (Å²) in [6.45, 7) is 4.96. The zero-order valence-corrected chi connectivity index (χ0v) is 16.6. The van der Waals surface area contributed by atoms with Crippen molar-refractivity contribution in [1.29, 1.82) is 0 Å². The van der Waals surface area contributed by atoms with Crippen LogP contribution in [-0.4, -0.2) is 49.7 Å². The number of nitrogens with zero attached hydrogens (tertiary/aromatic N) is 5. The lowest BCUT2D eigenvalue weighted by Gasteiger charge is -2.35. The van der Waals surface area contributed by atoms with Crippen LogP contribution in [0.25, 0.3) is 5.65 Å². The van der Waals surface area contributed by atoms with Crippen LogP contribution in [0, 0.1) is 6.92 Å². The molecule has 29 heavy (non-hydrogen) atoms. The molecule has 3 aromatic heterocycles. The normalized spacial score (nSPS) is 17.5. The first-order valence-corrected chi connectivity index (χ1v) is 10.1. The Balaban J connectivity index is 1.42. The first-order valence-electron chi connectivity index (χ1n) is 10.1. The number of rotatable bonds is 6. The van der Waals surface area contributed by atoms with Crippen molar-refractivity contribution in [2.45, 2.75) is 38.8 Å². The number of aryl methyl sites for hydroxylation is 1. The first-order chi connectivity index (χ1) is 14.1. The zero-order valence-electron chi connectivity index (χ0n) is 16.6. The maximum atomic E-state index is 12.3. The van der Waals surface area contributed by atoms with Crippen molar-refractivity contribution in [2.24, 2.45) is 0 Å². The standard InChI is InChI=1S/C21H26N6O2/c1-16-8-9-20(28)27(24-16)13-12-25-10-4-2-6-17(25)15-22-18-14-21(29)26-11-5-3-7-19(26)23-18/h3,5,7-9,11,14,17,22H,2,4,6,10,12-13,15H2,1H3. The second kappa shape index (κ2) is 8.57. The molecule has 8 heteroatoms. The number of aromatic nitrogens is 4. The lowest BCUT2D eigenvalue weighted by Crippen LogP contribution is -2.45. The van der Waals surface area contributed by atoms with Crippen molar-refractivity contribution in [3.05, 3.63) is 69.0 Å². The van der Waals surface area contributed by atoms with Crippen molar-refractivity contribution in [1.82, 2.24) is 24.1 Å². The predicted octanol–water partition coefficient (Wildman–Crippen LogP) is 1.53. The van der Waals surface area contributed by atoms with Gasteiger partial charge in [-0.2, -0.15) is 5.10 Å². The van der Waals surface area contributed by atoms with Gasteiger partial charge in [0.25, 0.3) is 11.1 Å². The SMILES string of the molecule is Cc1ccc(=O)n(CCN2CCCCC2CNc2cc(=O)n3ccccc3n2)n1. The van der Waals surface area contributed by atoms with Gasteiger partial charge in [0.15, 0.2) is 0 Å². The van der Waals surface area contributed by atoms with Crippen molar-refractivity contribution in [2.75, 3.05) is 25.0 Å². The quantitative estimate of drug-likeness (QED) is 0.683. The summed E-state index contributed by atoms with van der Waals surface area (Å²) in [5, 5.41) is 7.67. The Morgan fingerprint density at radius 1 is 1.10 bits per heavy atom. The van der Waals surface area contributed by atoms with E-state index < -0.39 is 0 Å². The Morgan fingerprint density at radius 3 is 2.90 bits per heavy atom. The smallest absolute Gasteiger partial charge is 0.266 e. The van der Waals surface area contributed by atoms with Gasteiger partial charge < -0.3 is 5.32 Å². The summed E-state index contributed by atoms with van der Waals surface area (Å²) in [6.07, 6.45) is 5.13. The highest BCUT2D eigenvalue weighted by molar-refractivity contribution is 5.46. The lowest BCUT2D eigenvalue weighted by atomic mass is 10.0. The fourth-order valence-electron chi connectivity index (χ4n) is 3.89. The van der Waals surface area contributed by atoms with Crippen LogP contribution >= 0.6 is 0 Å². The molecule has 1 N–H and O–H groups in total. The number of anilines is 1. The molecule has 1 unspecified atom stereocenters. The summed E-state index contributed by atoms with van der Waals surface area (Å²) in [6, 6.07) is 10.7. The third-order valence-corrected chi connectivity index (χ3v) is 5.44. The molecular formula is C21H26N6O2. The Hall–Kier alpha value is -3.00. The van der Waals surface area contributed by atoms with E-state index in [4.69, 9.17) is 0 Å². The maximum Gasteiger partial charge on any atom is 0.266 e.